The van der Waals surface area contributed by atoms with E-state index in [1.54, 1.807) is 0 Å². The molecule has 7 heteroatoms. The van der Waals surface area contributed by atoms with Crippen molar-refractivity contribution in [1.82, 2.24) is 5.32 Å². The van der Waals surface area contributed by atoms with E-state index >= 15 is 0 Å². The number of hydrogen-bond acceptors (Lipinski definition) is 4. The van der Waals surface area contributed by atoms with Crippen LogP contribution in [-0.2, 0) is 6.54 Å². The van der Waals surface area contributed by atoms with E-state index in [2.05, 4.69) is 5.32 Å². The molecule has 0 aliphatic carbocycles. The molecule has 0 fully saturated rings. The first-order valence-corrected chi connectivity index (χ1v) is 6.59. The van der Waals surface area contributed by atoms with Gasteiger partial charge in [-0.05, 0) is 23.6 Å². The summed E-state index contributed by atoms with van der Waals surface area (Å²) in [6, 6.07) is 8.02. The van der Waals surface area contributed by atoms with Gasteiger partial charge in [0.25, 0.3) is 5.91 Å². The summed E-state index contributed by atoms with van der Waals surface area (Å²) in [5, 5.41) is 15.4. The Labute approximate surface area is 118 Å². The van der Waals surface area contributed by atoms with Crippen LogP contribution in [0.4, 0.5) is 5.69 Å². The fourth-order valence-electron chi connectivity index (χ4n) is 1.56. The summed E-state index contributed by atoms with van der Waals surface area (Å²) in [6.07, 6.45) is 0. The Morgan fingerprint density at radius 3 is 2.79 bits per heavy atom. The lowest BCUT2D eigenvalue weighted by Crippen LogP contribution is -2.23. The van der Waals surface area contributed by atoms with E-state index in [1.807, 2.05) is 17.5 Å². The third kappa shape index (κ3) is 3.10. The van der Waals surface area contributed by atoms with E-state index in [9.17, 15) is 14.9 Å². The van der Waals surface area contributed by atoms with Crippen molar-refractivity contribution in [3.63, 3.8) is 0 Å². The maximum absolute atomic E-state index is 11.9. The smallest absolute Gasteiger partial charge is 0.300 e. The Bertz CT molecular complexity index is 613. The molecule has 0 radical (unpaired) electrons. The van der Waals surface area contributed by atoms with Gasteiger partial charge in [-0.15, -0.1) is 11.3 Å². The molecule has 0 bridgehead atoms. The van der Waals surface area contributed by atoms with E-state index in [1.165, 1.54) is 29.5 Å². The van der Waals surface area contributed by atoms with E-state index in [4.69, 9.17) is 11.6 Å². The zero-order chi connectivity index (χ0) is 13.8. The average molecular weight is 297 g/mol. The molecule has 1 N–H and O–H groups in total. The summed E-state index contributed by atoms with van der Waals surface area (Å²) < 4.78 is 0. The molecule has 0 atom stereocenters. The first-order valence-electron chi connectivity index (χ1n) is 5.33. The predicted molar refractivity (Wildman–Crippen MR) is 73.6 cm³/mol. The van der Waals surface area contributed by atoms with Gasteiger partial charge in [-0.1, -0.05) is 23.7 Å². The molecule has 0 saturated heterocycles. The van der Waals surface area contributed by atoms with Crippen molar-refractivity contribution in [1.29, 1.82) is 0 Å². The Morgan fingerprint density at radius 1 is 1.37 bits per heavy atom. The zero-order valence-electron chi connectivity index (χ0n) is 9.63. The lowest BCUT2D eigenvalue weighted by atomic mass is 10.1. The Morgan fingerprint density at radius 2 is 2.16 bits per heavy atom. The number of rotatable bonds is 4. The molecule has 0 aliphatic heterocycles. The number of para-hydroxylation sites is 1. The standard InChI is InChI=1S/C12H9ClN2O3S/c13-10-5-1-4-9(11(10)15(17)18)12(16)14-7-8-3-2-6-19-8/h1-6H,7H2,(H,14,16). The number of benzene rings is 1. The van der Waals surface area contributed by atoms with E-state index in [0.717, 1.165) is 4.88 Å². The highest BCUT2D eigenvalue weighted by Gasteiger charge is 2.23. The van der Waals surface area contributed by atoms with Crippen molar-refractivity contribution >= 4 is 34.5 Å². The highest BCUT2D eigenvalue weighted by Crippen LogP contribution is 2.28. The van der Waals surface area contributed by atoms with Crippen LogP contribution in [0.2, 0.25) is 5.02 Å². The van der Waals surface area contributed by atoms with Crippen molar-refractivity contribution in [3.05, 3.63) is 61.3 Å². The number of carbonyl (C=O) groups excluding carboxylic acids is 1. The van der Waals surface area contributed by atoms with E-state index < -0.39 is 10.8 Å². The molecule has 1 aromatic carbocycles. The molecule has 0 aliphatic rings. The number of thiophene rings is 1. The second-order valence-electron chi connectivity index (χ2n) is 3.66. The van der Waals surface area contributed by atoms with Crippen LogP contribution < -0.4 is 5.32 Å². The first kappa shape index (κ1) is 13.5. The number of nitro groups is 1. The normalized spacial score (nSPS) is 10.2. The molecular weight excluding hydrogens is 288 g/mol. The van der Waals surface area contributed by atoms with Gasteiger partial charge in [-0.25, -0.2) is 0 Å². The minimum absolute atomic E-state index is 0.0333. The lowest BCUT2D eigenvalue weighted by Gasteiger charge is -2.05. The van der Waals surface area contributed by atoms with Crippen LogP contribution in [-0.4, -0.2) is 10.8 Å². The first-order chi connectivity index (χ1) is 9.09. The number of halogens is 1. The molecule has 2 rings (SSSR count). The average Bonchev–Trinajstić information content (AvgIpc) is 2.88. The minimum atomic E-state index is -0.650. The molecule has 0 saturated carbocycles. The maximum Gasteiger partial charge on any atom is 0.300 e. The zero-order valence-corrected chi connectivity index (χ0v) is 11.2. The van der Waals surface area contributed by atoms with Crippen LogP contribution in [0.5, 0.6) is 0 Å². The Balaban J connectivity index is 2.19. The summed E-state index contributed by atoms with van der Waals surface area (Å²) >= 11 is 7.25. The Hall–Kier alpha value is -1.92. The van der Waals surface area contributed by atoms with Crippen molar-refractivity contribution in [2.24, 2.45) is 0 Å². The van der Waals surface area contributed by atoms with Gasteiger partial charge >= 0.3 is 5.69 Å². The van der Waals surface area contributed by atoms with Crippen LogP contribution >= 0.6 is 22.9 Å². The molecule has 2 aromatic rings. The maximum atomic E-state index is 11.9. The van der Waals surface area contributed by atoms with Crippen LogP contribution in [0.25, 0.3) is 0 Å². The van der Waals surface area contributed by atoms with Gasteiger partial charge in [0, 0.05) is 4.88 Å². The highest BCUT2D eigenvalue weighted by atomic mass is 35.5. The second kappa shape index (κ2) is 5.81. The van der Waals surface area contributed by atoms with Gasteiger partial charge in [0.2, 0.25) is 0 Å². The summed E-state index contributed by atoms with van der Waals surface area (Å²) in [4.78, 5) is 23.2. The van der Waals surface area contributed by atoms with Crippen LogP contribution in [0, 0.1) is 10.1 Å². The monoisotopic (exact) mass is 296 g/mol. The SMILES string of the molecule is O=C(NCc1cccs1)c1cccc(Cl)c1[N+](=O)[O-]. The predicted octanol–water partition coefficient (Wildman–Crippen LogP) is 3.24. The molecule has 1 heterocycles. The molecule has 0 unspecified atom stereocenters. The Kier molecular flexibility index (Phi) is 4.13. The number of nitro benzene ring substituents is 1. The number of hydrogen-bond donors (Lipinski definition) is 1. The molecule has 98 valence electrons. The van der Waals surface area contributed by atoms with Gasteiger partial charge in [0.1, 0.15) is 10.6 Å². The van der Waals surface area contributed by atoms with Crippen LogP contribution in [0.15, 0.2) is 35.7 Å². The minimum Gasteiger partial charge on any atom is -0.347 e. The fourth-order valence-corrected chi connectivity index (χ4v) is 2.45. The second-order valence-corrected chi connectivity index (χ2v) is 5.09. The molecule has 1 aromatic heterocycles. The van der Waals surface area contributed by atoms with Gasteiger partial charge in [-0.2, -0.15) is 0 Å². The van der Waals surface area contributed by atoms with Gasteiger partial charge in [0.15, 0.2) is 0 Å². The van der Waals surface area contributed by atoms with Gasteiger partial charge in [0.05, 0.1) is 11.5 Å². The van der Waals surface area contributed by atoms with Crippen LogP contribution in [0.3, 0.4) is 0 Å². The molecule has 5 nitrogen and oxygen atoms in total. The quantitative estimate of drug-likeness (QED) is 0.695. The number of amides is 1. The third-order valence-electron chi connectivity index (χ3n) is 2.42. The summed E-state index contributed by atoms with van der Waals surface area (Å²) in [5.74, 6) is -0.511. The topological polar surface area (TPSA) is 72.2 Å². The third-order valence-corrected chi connectivity index (χ3v) is 3.60. The molecule has 1 amide bonds. The highest BCUT2D eigenvalue weighted by molar-refractivity contribution is 7.09. The van der Waals surface area contributed by atoms with Crippen molar-refractivity contribution < 1.29 is 9.72 Å². The van der Waals surface area contributed by atoms with Crippen molar-refractivity contribution in [2.45, 2.75) is 6.54 Å². The van der Waals surface area contributed by atoms with Crippen molar-refractivity contribution in [3.8, 4) is 0 Å². The number of nitrogens with one attached hydrogen (secondary N) is 1. The summed E-state index contributed by atoms with van der Waals surface area (Å²) in [5.41, 5.74) is -0.401. The largest absolute Gasteiger partial charge is 0.347 e. The van der Waals surface area contributed by atoms with Crippen molar-refractivity contribution in [2.75, 3.05) is 0 Å². The van der Waals surface area contributed by atoms with E-state index in [-0.39, 0.29) is 16.3 Å². The van der Waals surface area contributed by atoms with Gasteiger partial charge in [-0.3, -0.25) is 14.9 Å². The number of carbonyl (C=O) groups is 1. The molecule has 19 heavy (non-hydrogen) atoms. The van der Waals surface area contributed by atoms with Gasteiger partial charge < -0.3 is 5.32 Å². The lowest BCUT2D eigenvalue weighted by molar-refractivity contribution is -0.385. The summed E-state index contributed by atoms with van der Waals surface area (Å²) in [7, 11) is 0. The molecule has 0 spiro atoms. The number of nitrogens with zero attached hydrogens (tertiary/aromatic N) is 1. The van der Waals surface area contributed by atoms with E-state index in [0.29, 0.717) is 6.54 Å². The molecular formula is C12H9ClN2O3S. The van der Waals surface area contributed by atoms with Crippen LogP contribution in [0.1, 0.15) is 15.2 Å². The fraction of sp³-hybridized carbons (Fsp3) is 0.0833. The summed E-state index contributed by atoms with van der Waals surface area (Å²) in [6.45, 7) is 0.333.